The largest absolute Gasteiger partial charge is 0.465 e. The van der Waals surface area contributed by atoms with Gasteiger partial charge in [-0.1, -0.05) is 0 Å². The van der Waals surface area contributed by atoms with Crippen molar-refractivity contribution in [2.75, 3.05) is 7.11 Å². The number of ether oxygens (including phenoxy) is 1. The highest BCUT2D eigenvalue weighted by Gasteiger charge is 2.33. The van der Waals surface area contributed by atoms with Crippen LogP contribution in [0.5, 0.6) is 0 Å². The van der Waals surface area contributed by atoms with Crippen LogP contribution >= 0.6 is 15.9 Å². The number of fused-ring (bicyclic) bond motifs is 1. The smallest absolute Gasteiger partial charge is 0.340 e. The Balaban J connectivity index is 2.66. The third-order valence-electron chi connectivity index (χ3n) is 3.03. The van der Waals surface area contributed by atoms with Crippen LogP contribution in [0.15, 0.2) is 4.47 Å². The molecule has 0 fully saturated rings. The Morgan fingerprint density at radius 1 is 1.33 bits per heavy atom. The maximum absolute atomic E-state index is 11.9. The molecule has 0 aromatic carbocycles. The molecule has 0 radical (unpaired) electrons. The van der Waals surface area contributed by atoms with E-state index in [2.05, 4.69) is 15.9 Å². The van der Waals surface area contributed by atoms with Crippen LogP contribution in [0.2, 0.25) is 0 Å². The van der Waals surface area contributed by atoms with Gasteiger partial charge in [0.25, 0.3) is 0 Å². The quantitative estimate of drug-likeness (QED) is 0.484. The summed E-state index contributed by atoms with van der Waals surface area (Å²) in [5.41, 5.74) is 1.38. The van der Waals surface area contributed by atoms with Gasteiger partial charge in [0, 0.05) is 19.2 Å². The average Bonchev–Trinajstić information content (AvgIpc) is 2.86. The monoisotopic (exact) mass is 313 g/mol. The van der Waals surface area contributed by atoms with Crippen molar-refractivity contribution in [3.05, 3.63) is 21.4 Å². The number of rotatable bonds is 3. The normalized spacial score (nSPS) is 13.3. The van der Waals surface area contributed by atoms with Gasteiger partial charge in [0.1, 0.15) is 5.69 Å². The van der Waals surface area contributed by atoms with Gasteiger partial charge < -0.3 is 9.30 Å². The molecule has 0 bridgehead atoms. The second kappa shape index (κ2) is 4.68. The summed E-state index contributed by atoms with van der Waals surface area (Å²) in [6.07, 6.45) is 1.55. The summed E-state index contributed by atoms with van der Waals surface area (Å²) in [6, 6.07) is 0. The van der Waals surface area contributed by atoms with Crippen LogP contribution in [0.1, 0.15) is 39.9 Å². The molecule has 1 aromatic rings. The van der Waals surface area contributed by atoms with Crippen LogP contribution in [-0.4, -0.2) is 29.2 Å². The lowest BCUT2D eigenvalue weighted by Crippen LogP contribution is -2.15. The molecule has 2 rings (SSSR count). The summed E-state index contributed by atoms with van der Waals surface area (Å²) >= 11 is 3.24. The number of esters is 1. The number of carbonyl (C=O) groups is 3. The number of carbonyl (C=O) groups excluding carboxylic acids is 3. The molecule has 0 saturated heterocycles. The molecule has 0 aliphatic carbocycles. The zero-order valence-corrected chi connectivity index (χ0v) is 11.7. The van der Waals surface area contributed by atoms with Crippen LogP contribution in [0, 0.1) is 0 Å². The highest BCUT2D eigenvalue weighted by atomic mass is 79.9. The van der Waals surface area contributed by atoms with E-state index in [1.165, 1.54) is 14.0 Å². The molecule has 1 aliphatic rings. The first-order valence-corrected chi connectivity index (χ1v) is 6.32. The lowest BCUT2D eigenvalue weighted by molar-refractivity contribution is -0.113. The number of methoxy groups -OCH3 is 1. The Kier molecular flexibility index (Phi) is 3.38. The molecule has 96 valence electrons. The van der Waals surface area contributed by atoms with Gasteiger partial charge in [-0.15, -0.1) is 0 Å². The molecule has 1 aliphatic heterocycles. The Labute approximate surface area is 112 Å². The molecule has 1 aromatic heterocycles. The van der Waals surface area contributed by atoms with Crippen LogP contribution in [0.4, 0.5) is 0 Å². The molecule has 5 nitrogen and oxygen atoms in total. The Bertz CT molecular complexity index is 559. The van der Waals surface area contributed by atoms with Crippen molar-refractivity contribution in [3.8, 4) is 0 Å². The van der Waals surface area contributed by atoms with Crippen molar-refractivity contribution in [3.63, 3.8) is 0 Å². The number of hydrogen-bond donors (Lipinski definition) is 0. The minimum absolute atomic E-state index is 0.260. The average molecular weight is 314 g/mol. The van der Waals surface area contributed by atoms with Crippen LogP contribution < -0.4 is 0 Å². The Hall–Kier alpha value is -1.43. The summed E-state index contributed by atoms with van der Waals surface area (Å²) in [5, 5.41) is 0. The number of halogens is 1. The van der Waals surface area contributed by atoms with E-state index in [1.807, 2.05) is 0 Å². The van der Waals surface area contributed by atoms with E-state index in [0.717, 1.165) is 12.1 Å². The maximum atomic E-state index is 11.9. The van der Waals surface area contributed by atoms with E-state index in [-0.39, 0.29) is 5.69 Å². The Morgan fingerprint density at radius 3 is 2.56 bits per heavy atom. The lowest BCUT2D eigenvalue weighted by Gasteiger charge is -2.02. The first-order valence-electron chi connectivity index (χ1n) is 5.53. The highest BCUT2D eigenvalue weighted by Crippen LogP contribution is 2.34. The molecule has 0 atom stereocenters. The van der Waals surface area contributed by atoms with Crippen molar-refractivity contribution in [1.29, 1.82) is 0 Å². The number of ketones is 2. The summed E-state index contributed by atoms with van der Waals surface area (Å²) in [5.74, 6) is -1.62. The first kappa shape index (κ1) is 13.0. The van der Waals surface area contributed by atoms with E-state index >= 15 is 0 Å². The van der Waals surface area contributed by atoms with E-state index in [4.69, 9.17) is 4.74 Å². The molecule has 18 heavy (non-hydrogen) atoms. The molecule has 0 amide bonds. The fraction of sp³-hybridized carbons (Fsp3) is 0.417. The SMILES string of the molecule is COC(=O)c1c(Br)c(C(=O)C(C)=O)n2c1CCC2. The van der Waals surface area contributed by atoms with Crippen molar-refractivity contribution < 1.29 is 19.1 Å². The van der Waals surface area contributed by atoms with Gasteiger partial charge >= 0.3 is 5.97 Å². The third-order valence-corrected chi connectivity index (χ3v) is 3.80. The van der Waals surface area contributed by atoms with Gasteiger partial charge in [0.2, 0.25) is 11.6 Å². The van der Waals surface area contributed by atoms with Crippen molar-refractivity contribution in [2.24, 2.45) is 0 Å². The first-order chi connectivity index (χ1) is 8.49. The molecule has 0 unspecified atom stereocenters. The van der Waals surface area contributed by atoms with Gasteiger partial charge in [0.05, 0.1) is 17.1 Å². The van der Waals surface area contributed by atoms with E-state index in [0.29, 0.717) is 23.0 Å². The minimum atomic E-state index is -0.583. The van der Waals surface area contributed by atoms with Gasteiger partial charge in [-0.3, -0.25) is 9.59 Å². The summed E-state index contributed by atoms with van der Waals surface area (Å²) in [6.45, 7) is 1.86. The van der Waals surface area contributed by atoms with E-state index in [9.17, 15) is 14.4 Å². The van der Waals surface area contributed by atoms with Crippen molar-refractivity contribution in [2.45, 2.75) is 26.3 Å². The summed E-state index contributed by atoms with van der Waals surface area (Å²) in [7, 11) is 1.29. The standard InChI is InChI=1S/C12H12BrNO4/c1-6(15)11(16)10-9(13)8(12(17)18-2)7-4-3-5-14(7)10/h3-5H2,1-2H3. The molecule has 2 heterocycles. The number of Topliss-reactive ketones (excluding diaryl/α,β-unsaturated/α-hetero) is 2. The van der Waals surface area contributed by atoms with Gasteiger partial charge in [-0.25, -0.2) is 4.79 Å². The van der Waals surface area contributed by atoms with Gasteiger partial charge in [0.15, 0.2) is 0 Å². The summed E-state index contributed by atoms with van der Waals surface area (Å²) < 4.78 is 6.82. The predicted octanol–water partition coefficient (Wildman–Crippen LogP) is 1.76. The molecule has 6 heteroatoms. The van der Waals surface area contributed by atoms with Crippen molar-refractivity contribution in [1.82, 2.24) is 4.57 Å². The summed E-state index contributed by atoms with van der Waals surface area (Å²) in [4.78, 5) is 34.9. The fourth-order valence-corrected chi connectivity index (χ4v) is 3.03. The molecular weight excluding hydrogens is 302 g/mol. The maximum Gasteiger partial charge on any atom is 0.340 e. The van der Waals surface area contributed by atoms with Crippen LogP contribution in [-0.2, 0) is 22.5 Å². The highest BCUT2D eigenvalue weighted by molar-refractivity contribution is 9.10. The zero-order valence-electron chi connectivity index (χ0n) is 10.1. The topological polar surface area (TPSA) is 65.4 Å². The second-order valence-corrected chi connectivity index (χ2v) is 4.91. The zero-order chi connectivity index (χ0) is 13.4. The number of aromatic nitrogens is 1. The molecule has 0 saturated carbocycles. The van der Waals surface area contributed by atoms with Gasteiger partial charge in [-0.05, 0) is 28.8 Å². The third kappa shape index (κ3) is 1.80. The second-order valence-electron chi connectivity index (χ2n) is 4.12. The molecule has 0 spiro atoms. The van der Waals surface area contributed by atoms with Crippen LogP contribution in [0.25, 0.3) is 0 Å². The van der Waals surface area contributed by atoms with Gasteiger partial charge in [-0.2, -0.15) is 0 Å². The number of nitrogens with zero attached hydrogens (tertiary/aromatic N) is 1. The molecule has 0 N–H and O–H groups in total. The minimum Gasteiger partial charge on any atom is -0.465 e. The molecular formula is C12H12BrNO4. The van der Waals surface area contributed by atoms with E-state index in [1.54, 1.807) is 4.57 Å². The predicted molar refractivity (Wildman–Crippen MR) is 66.8 cm³/mol. The van der Waals surface area contributed by atoms with E-state index < -0.39 is 17.5 Å². The van der Waals surface area contributed by atoms with Crippen molar-refractivity contribution >= 4 is 33.5 Å². The number of hydrogen-bond acceptors (Lipinski definition) is 4. The lowest BCUT2D eigenvalue weighted by atomic mass is 10.1. The fourth-order valence-electron chi connectivity index (χ4n) is 2.24. The van der Waals surface area contributed by atoms with Crippen LogP contribution in [0.3, 0.4) is 0 Å². The Morgan fingerprint density at radius 2 is 2.00 bits per heavy atom.